The van der Waals surface area contributed by atoms with Crippen molar-refractivity contribution >= 4 is 21.8 Å². The lowest BCUT2D eigenvalue weighted by Crippen LogP contribution is -2.38. The van der Waals surface area contributed by atoms with E-state index in [-0.39, 0.29) is 13.2 Å². The third-order valence-electron chi connectivity index (χ3n) is 2.44. The normalized spacial score (nSPS) is 11.0. The molecule has 0 bridgehead atoms. The molecular weight excluding hydrogens is 310 g/mol. The number of aryl methyl sites for hydroxylation is 1. The Kier molecular flexibility index (Phi) is 5.74. The van der Waals surface area contributed by atoms with Gasteiger partial charge in [0.05, 0.1) is 13.2 Å². The topological polar surface area (TPSA) is 45.5 Å². The molecule has 0 atom stereocenters. The third-order valence-corrected chi connectivity index (χ3v) is 2.87. The summed E-state index contributed by atoms with van der Waals surface area (Å²) in [6.45, 7) is 1.30. The molecule has 0 aromatic carbocycles. The van der Waals surface area contributed by atoms with Crippen molar-refractivity contribution < 1.29 is 18.7 Å². The standard InChI is InChI=1S/C11H15BrF2N2O2/c1-2-15-6-8(12)5-9(15)11(18)16(3-4-17)7-10(13)14/h5-6,10,17H,2-4,7H2,1H3. The molecule has 0 radical (unpaired) electrons. The fourth-order valence-electron chi connectivity index (χ4n) is 1.64. The summed E-state index contributed by atoms with van der Waals surface area (Å²) >= 11 is 3.24. The van der Waals surface area contributed by atoms with E-state index < -0.39 is 18.9 Å². The maximum Gasteiger partial charge on any atom is 0.270 e. The highest BCUT2D eigenvalue weighted by Gasteiger charge is 2.22. The van der Waals surface area contributed by atoms with Crippen LogP contribution < -0.4 is 0 Å². The van der Waals surface area contributed by atoms with E-state index in [1.54, 1.807) is 16.8 Å². The van der Waals surface area contributed by atoms with Gasteiger partial charge in [-0.25, -0.2) is 8.78 Å². The maximum absolute atomic E-state index is 12.4. The number of carbonyl (C=O) groups excluding carboxylic acids is 1. The fourth-order valence-corrected chi connectivity index (χ4v) is 2.10. The molecule has 18 heavy (non-hydrogen) atoms. The van der Waals surface area contributed by atoms with E-state index in [2.05, 4.69) is 15.9 Å². The monoisotopic (exact) mass is 324 g/mol. The molecule has 0 aliphatic carbocycles. The van der Waals surface area contributed by atoms with Gasteiger partial charge in [0.25, 0.3) is 12.3 Å². The fraction of sp³-hybridized carbons (Fsp3) is 0.545. The lowest BCUT2D eigenvalue weighted by Gasteiger charge is -2.21. The van der Waals surface area contributed by atoms with Crippen molar-refractivity contribution in [2.45, 2.75) is 19.9 Å². The number of carbonyl (C=O) groups is 1. The largest absolute Gasteiger partial charge is 0.395 e. The lowest BCUT2D eigenvalue weighted by molar-refractivity contribution is 0.0500. The highest BCUT2D eigenvalue weighted by atomic mass is 79.9. The first-order valence-electron chi connectivity index (χ1n) is 5.53. The van der Waals surface area contributed by atoms with Crippen molar-refractivity contribution in [1.82, 2.24) is 9.47 Å². The van der Waals surface area contributed by atoms with Crippen LogP contribution in [0.4, 0.5) is 8.78 Å². The van der Waals surface area contributed by atoms with Crippen LogP contribution in [-0.4, -0.2) is 46.6 Å². The van der Waals surface area contributed by atoms with Gasteiger partial charge >= 0.3 is 0 Å². The Hall–Kier alpha value is -0.950. The van der Waals surface area contributed by atoms with E-state index in [9.17, 15) is 13.6 Å². The first-order chi connectivity index (χ1) is 8.49. The highest BCUT2D eigenvalue weighted by molar-refractivity contribution is 9.10. The zero-order chi connectivity index (χ0) is 13.7. The Morgan fingerprint density at radius 2 is 2.28 bits per heavy atom. The Labute approximate surface area is 112 Å². The summed E-state index contributed by atoms with van der Waals surface area (Å²) in [5.74, 6) is -0.503. The van der Waals surface area contributed by atoms with Gasteiger partial charge < -0.3 is 14.6 Å². The number of alkyl halides is 2. The second-order valence-electron chi connectivity index (χ2n) is 3.70. The first kappa shape index (κ1) is 15.1. The van der Waals surface area contributed by atoms with Gasteiger partial charge in [0.15, 0.2) is 0 Å². The molecule has 102 valence electrons. The summed E-state index contributed by atoms with van der Waals surface area (Å²) in [6.07, 6.45) is -0.902. The van der Waals surface area contributed by atoms with Crippen molar-refractivity contribution in [1.29, 1.82) is 0 Å². The number of hydrogen-bond donors (Lipinski definition) is 1. The van der Waals surface area contributed by atoms with E-state index >= 15 is 0 Å². The zero-order valence-electron chi connectivity index (χ0n) is 9.94. The molecule has 0 aliphatic heterocycles. The number of rotatable bonds is 6. The molecule has 0 saturated carbocycles. The van der Waals surface area contributed by atoms with Crippen LogP contribution in [0, 0.1) is 0 Å². The quantitative estimate of drug-likeness (QED) is 0.869. The van der Waals surface area contributed by atoms with Gasteiger partial charge in [-0.1, -0.05) is 0 Å². The van der Waals surface area contributed by atoms with Crippen molar-refractivity contribution in [3.63, 3.8) is 0 Å². The summed E-state index contributed by atoms with van der Waals surface area (Å²) in [5.41, 5.74) is 0.332. The Balaban J connectivity index is 2.93. The average molecular weight is 325 g/mol. The van der Waals surface area contributed by atoms with Gasteiger partial charge in [-0.05, 0) is 28.9 Å². The van der Waals surface area contributed by atoms with Gasteiger partial charge in [-0.15, -0.1) is 0 Å². The van der Waals surface area contributed by atoms with E-state index in [1.165, 1.54) is 0 Å². The summed E-state index contributed by atoms with van der Waals surface area (Å²) in [5, 5.41) is 8.82. The van der Waals surface area contributed by atoms with Gasteiger partial charge in [-0.2, -0.15) is 0 Å². The van der Waals surface area contributed by atoms with Crippen LogP contribution in [0.3, 0.4) is 0 Å². The van der Waals surface area contributed by atoms with Gasteiger partial charge in [0.2, 0.25) is 0 Å². The third kappa shape index (κ3) is 3.78. The molecule has 0 spiro atoms. The smallest absolute Gasteiger partial charge is 0.270 e. The number of aliphatic hydroxyl groups is 1. The van der Waals surface area contributed by atoms with E-state index in [0.29, 0.717) is 16.7 Å². The molecule has 4 nitrogen and oxygen atoms in total. The van der Waals surface area contributed by atoms with Crippen LogP contribution in [0.25, 0.3) is 0 Å². The summed E-state index contributed by atoms with van der Waals surface area (Å²) in [4.78, 5) is 13.1. The van der Waals surface area contributed by atoms with Gasteiger partial charge in [-0.3, -0.25) is 4.79 Å². The van der Waals surface area contributed by atoms with Crippen molar-refractivity contribution in [3.8, 4) is 0 Å². The summed E-state index contributed by atoms with van der Waals surface area (Å²) in [7, 11) is 0. The minimum Gasteiger partial charge on any atom is -0.395 e. The minimum absolute atomic E-state index is 0.102. The molecule has 1 aromatic heterocycles. The molecule has 0 unspecified atom stereocenters. The SMILES string of the molecule is CCn1cc(Br)cc1C(=O)N(CCO)CC(F)F. The molecule has 7 heteroatoms. The first-order valence-corrected chi connectivity index (χ1v) is 6.32. The molecule has 1 heterocycles. The molecule has 0 fully saturated rings. The zero-order valence-corrected chi connectivity index (χ0v) is 11.5. The summed E-state index contributed by atoms with van der Waals surface area (Å²) < 4.78 is 27.1. The molecule has 0 saturated heterocycles. The lowest BCUT2D eigenvalue weighted by atomic mass is 10.3. The Morgan fingerprint density at radius 1 is 1.61 bits per heavy atom. The highest BCUT2D eigenvalue weighted by Crippen LogP contribution is 2.17. The van der Waals surface area contributed by atoms with E-state index in [1.807, 2.05) is 6.92 Å². The number of amides is 1. The van der Waals surface area contributed by atoms with Gasteiger partial charge in [0, 0.05) is 23.8 Å². The second-order valence-corrected chi connectivity index (χ2v) is 4.61. The van der Waals surface area contributed by atoms with Crippen LogP contribution in [0.15, 0.2) is 16.7 Å². The Morgan fingerprint density at radius 3 is 2.78 bits per heavy atom. The van der Waals surface area contributed by atoms with Crippen molar-refractivity contribution in [2.24, 2.45) is 0 Å². The van der Waals surface area contributed by atoms with Crippen LogP contribution in [0.1, 0.15) is 17.4 Å². The van der Waals surface area contributed by atoms with Crippen LogP contribution in [0.5, 0.6) is 0 Å². The number of halogens is 3. The predicted molar refractivity (Wildman–Crippen MR) is 66.8 cm³/mol. The average Bonchev–Trinajstić information content (AvgIpc) is 2.68. The van der Waals surface area contributed by atoms with E-state index in [0.717, 1.165) is 4.90 Å². The number of nitrogens with zero attached hydrogens (tertiary/aromatic N) is 2. The van der Waals surface area contributed by atoms with Crippen LogP contribution >= 0.6 is 15.9 Å². The number of aromatic nitrogens is 1. The molecular formula is C11H15BrF2N2O2. The van der Waals surface area contributed by atoms with Crippen LogP contribution in [0.2, 0.25) is 0 Å². The second kappa shape index (κ2) is 6.84. The molecule has 0 aliphatic rings. The van der Waals surface area contributed by atoms with Crippen molar-refractivity contribution in [3.05, 3.63) is 22.4 Å². The Bertz CT molecular complexity index is 410. The number of hydrogen-bond acceptors (Lipinski definition) is 2. The van der Waals surface area contributed by atoms with Crippen LogP contribution in [-0.2, 0) is 6.54 Å². The molecule has 1 amide bonds. The maximum atomic E-state index is 12.4. The molecule has 1 N–H and O–H groups in total. The van der Waals surface area contributed by atoms with Crippen molar-refractivity contribution in [2.75, 3.05) is 19.7 Å². The summed E-state index contributed by atoms with van der Waals surface area (Å²) in [6, 6.07) is 1.58. The van der Waals surface area contributed by atoms with E-state index in [4.69, 9.17) is 5.11 Å². The molecule has 1 aromatic rings. The minimum atomic E-state index is -2.62. The number of aliphatic hydroxyl groups excluding tert-OH is 1. The van der Waals surface area contributed by atoms with Gasteiger partial charge in [0.1, 0.15) is 5.69 Å². The molecule has 1 rings (SSSR count). The predicted octanol–water partition coefficient (Wildman–Crippen LogP) is 1.97.